The number of nitrogens with zero attached hydrogens (tertiary/aromatic N) is 1. The number of hydrogen-bond acceptors (Lipinski definition) is 3. The number of amides is 1. The summed E-state index contributed by atoms with van der Waals surface area (Å²) in [4.78, 5) is 13.7. The van der Waals surface area contributed by atoms with Gasteiger partial charge in [-0.05, 0) is 31.9 Å². The van der Waals surface area contributed by atoms with Gasteiger partial charge < -0.3 is 14.7 Å². The average Bonchev–Trinajstić information content (AvgIpc) is 2.86. The van der Waals surface area contributed by atoms with E-state index in [0.29, 0.717) is 5.75 Å². The predicted octanol–water partition coefficient (Wildman–Crippen LogP) is 1.36. The van der Waals surface area contributed by atoms with Gasteiger partial charge in [0.1, 0.15) is 5.75 Å². The molecule has 0 aliphatic carbocycles. The van der Waals surface area contributed by atoms with Gasteiger partial charge in [-0.15, -0.1) is 0 Å². The number of likely N-dealkylation sites (tertiary alicyclic amines) is 1. The molecule has 18 heavy (non-hydrogen) atoms. The first-order chi connectivity index (χ1) is 8.70. The van der Waals surface area contributed by atoms with Gasteiger partial charge in [-0.25, -0.2) is 0 Å². The minimum atomic E-state index is -0.0490. The number of benzene rings is 1. The third-order valence-electron chi connectivity index (χ3n) is 3.29. The monoisotopic (exact) mass is 249 g/mol. The van der Waals surface area contributed by atoms with Crippen LogP contribution in [0.15, 0.2) is 24.3 Å². The highest BCUT2D eigenvalue weighted by Gasteiger charge is 2.27. The van der Waals surface area contributed by atoms with Crippen molar-refractivity contribution >= 4 is 5.91 Å². The van der Waals surface area contributed by atoms with Crippen molar-refractivity contribution in [2.24, 2.45) is 0 Å². The van der Waals surface area contributed by atoms with E-state index in [9.17, 15) is 4.79 Å². The van der Waals surface area contributed by atoms with Crippen LogP contribution in [0.1, 0.15) is 18.4 Å². The number of aryl methyl sites for hydroxylation is 1. The highest BCUT2D eigenvalue weighted by atomic mass is 16.5. The van der Waals surface area contributed by atoms with Crippen molar-refractivity contribution in [3.8, 4) is 5.75 Å². The van der Waals surface area contributed by atoms with Gasteiger partial charge in [0.25, 0.3) is 5.91 Å². The van der Waals surface area contributed by atoms with Crippen LogP contribution >= 0.6 is 0 Å². The van der Waals surface area contributed by atoms with Gasteiger partial charge in [0.05, 0.1) is 12.6 Å². The Hall–Kier alpha value is -1.55. The van der Waals surface area contributed by atoms with Crippen LogP contribution in [0.3, 0.4) is 0 Å². The molecule has 98 valence electrons. The van der Waals surface area contributed by atoms with Crippen LogP contribution < -0.4 is 4.74 Å². The summed E-state index contributed by atoms with van der Waals surface area (Å²) in [5.74, 6) is 0.654. The van der Waals surface area contributed by atoms with Gasteiger partial charge in [0, 0.05) is 6.54 Å². The van der Waals surface area contributed by atoms with Crippen molar-refractivity contribution < 1.29 is 14.6 Å². The van der Waals surface area contributed by atoms with E-state index in [2.05, 4.69) is 0 Å². The fraction of sp³-hybridized carbons (Fsp3) is 0.500. The van der Waals surface area contributed by atoms with Crippen molar-refractivity contribution in [1.29, 1.82) is 0 Å². The van der Waals surface area contributed by atoms with Crippen molar-refractivity contribution in [1.82, 2.24) is 4.90 Å². The molecule has 2 rings (SSSR count). The number of ether oxygens (including phenoxy) is 1. The second kappa shape index (κ2) is 5.87. The molecule has 0 radical (unpaired) electrons. The number of aliphatic hydroxyl groups is 1. The van der Waals surface area contributed by atoms with E-state index in [4.69, 9.17) is 9.84 Å². The van der Waals surface area contributed by atoms with Gasteiger partial charge in [0.2, 0.25) is 0 Å². The van der Waals surface area contributed by atoms with E-state index in [0.717, 1.165) is 24.9 Å². The number of carbonyl (C=O) groups is 1. The Kier molecular flexibility index (Phi) is 4.20. The molecule has 0 aromatic heterocycles. The lowest BCUT2D eigenvalue weighted by Crippen LogP contribution is -2.40. The molecule has 1 atom stereocenters. The van der Waals surface area contributed by atoms with Crippen LogP contribution in [-0.4, -0.2) is 41.7 Å². The molecule has 1 aromatic carbocycles. The first-order valence-corrected chi connectivity index (χ1v) is 6.30. The fourth-order valence-electron chi connectivity index (χ4n) is 2.22. The summed E-state index contributed by atoms with van der Waals surface area (Å²) >= 11 is 0. The van der Waals surface area contributed by atoms with E-state index in [-0.39, 0.29) is 25.2 Å². The second-order valence-corrected chi connectivity index (χ2v) is 4.67. The van der Waals surface area contributed by atoms with Gasteiger partial charge in [-0.2, -0.15) is 0 Å². The average molecular weight is 249 g/mol. The zero-order valence-corrected chi connectivity index (χ0v) is 10.6. The highest BCUT2D eigenvalue weighted by molar-refractivity contribution is 5.78. The normalized spacial score (nSPS) is 19.0. The summed E-state index contributed by atoms with van der Waals surface area (Å²) in [6.45, 7) is 2.81. The van der Waals surface area contributed by atoms with Crippen LogP contribution in [0.2, 0.25) is 0 Å². The lowest BCUT2D eigenvalue weighted by Gasteiger charge is -2.22. The largest absolute Gasteiger partial charge is 0.484 e. The Balaban J connectivity index is 1.86. The van der Waals surface area contributed by atoms with Gasteiger partial charge >= 0.3 is 0 Å². The van der Waals surface area contributed by atoms with E-state index in [1.807, 2.05) is 31.2 Å². The summed E-state index contributed by atoms with van der Waals surface area (Å²) in [6.07, 6.45) is 1.84. The van der Waals surface area contributed by atoms with Crippen LogP contribution in [0.5, 0.6) is 5.75 Å². The summed E-state index contributed by atoms with van der Waals surface area (Å²) in [7, 11) is 0. The number of aliphatic hydroxyl groups excluding tert-OH is 1. The molecule has 1 aliphatic heterocycles. The molecule has 1 fully saturated rings. The standard InChI is InChI=1S/C14H19NO3/c1-11-4-6-13(7-5-11)18-10-14(17)15-8-2-3-12(15)9-16/h4-7,12,16H,2-3,8-10H2,1H3. The quantitative estimate of drug-likeness (QED) is 0.876. The maximum atomic E-state index is 11.9. The predicted molar refractivity (Wildman–Crippen MR) is 68.5 cm³/mol. The zero-order chi connectivity index (χ0) is 13.0. The van der Waals surface area contributed by atoms with Crippen molar-refractivity contribution in [3.63, 3.8) is 0 Å². The molecule has 4 heteroatoms. The van der Waals surface area contributed by atoms with Crippen molar-refractivity contribution in [2.75, 3.05) is 19.8 Å². The molecule has 1 aliphatic rings. The third kappa shape index (κ3) is 3.01. The van der Waals surface area contributed by atoms with Crippen LogP contribution in [-0.2, 0) is 4.79 Å². The molecule has 0 spiro atoms. The molecule has 0 bridgehead atoms. The minimum absolute atomic E-state index is 0.0286. The number of rotatable bonds is 4. The van der Waals surface area contributed by atoms with Crippen molar-refractivity contribution in [3.05, 3.63) is 29.8 Å². The minimum Gasteiger partial charge on any atom is -0.484 e. The van der Waals surface area contributed by atoms with Gasteiger partial charge in [0.15, 0.2) is 6.61 Å². The molecule has 4 nitrogen and oxygen atoms in total. The molecule has 1 aromatic rings. The molecule has 1 amide bonds. The lowest BCUT2D eigenvalue weighted by molar-refractivity contribution is -0.134. The Labute approximate surface area is 107 Å². The molecule has 1 unspecified atom stereocenters. The van der Waals surface area contributed by atoms with E-state index < -0.39 is 0 Å². The summed E-state index contributed by atoms with van der Waals surface area (Å²) in [5.41, 5.74) is 1.16. The molecule has 1 heterocycles. The summed E-state index contributed by atoms with van der Waals surface area (Å²) < 4.78 is 5.46. The Morgan fingerprint density at radius 2 is 2.17 bits per heavy atom. The Morgan fingerprint density at radius 3 is 2.83 bits per heavy atom. The summed E-state index contributed by atoms with van der Waals surface area (Å²) in [5, 5.41) is 9.17. The third-order valence-corrected chi connectivity index (χ3v) is 3.29. The fourth-order valence-corrected chi connectivity index (χ4v) is 2.22. The maximum Gasteiger partial charge on any atom is 0.260 e. The van der Waals surface area contributed by atoms with E-state index in [1.54, 1.807) is 4.90 Å². The number of hydrogen-bond donors (Lipinski definition) is 1. The Morgan fingerprint density at radius 1 is 1.44 bits per heavy atom. The van der Waals surface area contributed by atoms with Crippen LogP contribution in [0.25, 0.3) is 0 Å². The molecular formula is C14H19NO3. The summed E-state index contributed by atoms with van der Waals surface area (Å²) in [6, 6.07) is 7.59. The molecular weight excluding hydrogens is 230 g/mol. The smallest absolute Gasteiger partial charge is 0.260 e. The maximum absolute atomic E-state index is 11.9. The molecule has 1 N–H and O–H groups in total. The lowest BCUT2D eigenvalue weighted by atomic mass is 10.2. The second-order valence-electron chi connectivity index (χ2n) is 4.67. The highest BCUT2D eigenvalue weighted by Crippen LogP contribution is 2.17. The van der Waals surface area contributed by atoms with E-state index >= 15 is 0 Å². The van der Waals surface area contributed by atoms with Crippen LogP contribution in [0, 0.1) is 6.92 Å². The molecule has 1 saturated heterocycles. The SMILES string of the molecule is Cc1ccc(OCC(=O)N2CCCC2CO)cc1. The Bertz CT molecular complexity index is 402. The van der Waals surface area contributed by atoms with Crippen LogP contribution in [0.4, 0.5) is 0 Å². The van der Waals surface area contributed by atoms with Gasteiger partial charge in [-0.1, -0.05) is 17.7 Å². The van der Waals surface area contributed by atoms with Gasteiger partial charge in [-0.3, -0.25) is 4.79 Å². The topological polar surface area (TPSA) is 49.8 Å². The van der Waals surface area contributed by atoms with Crippen molar-refractivity contribution in [2.45, 2.75) is 25.8 Å². The number of carbonyl (C=O) groups excluding carboxylic acids is 1. The zero-order valence-electron chi connectivity index (χ0n) is 10.6. The first-order valence-electron chi connectivity index (χ1n) is 6.30. The molecule has 0 saturated carbocycles. The first kappa shape index (κ1) is 12.9. The van der Waals surface area contributed by atoms with E-state index in [1.165, 1.54) is 0 Å².